The second-order valence-corrected chi connectivity index (χ2v) is 39.1. The molecule has 16 unspecified atom stereocenters. The molecule has 0 spiro atoms. The summed E-state index contributed by atoms with van der Waals surface area (Å²) in [6.07, 6.45) is -15.0. The maximum atomic E-state index is 12.5. The van der Waals surface area contributed by atoms with Gasteiger partial charge >= 0.3 is 11.9 Å². The highest BCUT2D eigenvalue weighted by molar-refractivity contribution is 8.14. The maximum absolute atomic E-state index is 12.5. The summed E-state index contributed by atoms with van der Waals surface area (Å²) in [6, 6.07) is 0. The molecule has 16 atom stereocenters. The van der Waals surface area contributed by atoms with Gasteiger partial charge in [0.1, 0.15) is 78.6 Å². The standard InChI is InChI=1S/C26H44N7O18P3S.C26H42N7O17P3S.C5H10O3.C5H8O2/c1-13(2)17(35)25(39)55-8-7-28-15(34)5-6-29-23(38)20(37)26(3,4)10-48-54(45,46)51-53(43,44)47-9-14-19(50-52(40,41)42)18(36)24(49-14)33-12-32-16-21(27)30-11-31-22(16)33;1-14(2)9-17(35)54-8-7-28-16(34)5-6-29-24(38)21(37)26(3,4)11-47-53(44,45)50-52(42,43)46-10-15-20(49-51(39,40)41)19(36)25(48-15)33-13-32-18-22(27)30-12-31-23(18)33;1-3(2)4(6)5(7)8;1-4(2)3-5(6)7/h11-14,17-20,24,35-37H,5-10H2,1-4H3,(H,28,34)(H,29,38)(H,43,44)(H,45,46)(H2,27,30,31)(H2,40,41,42);9,12-13,15,19-21,25,36-37H,5-8,10-11H2,1-4H3,(H,28,34)(H,29,38)(H,42,43)(H,44,45)(H2,27,30,31)(H2,39,40,41);3-4,6H,1-2H3,(H,7,8);3H,1-2H3,(H,6,7)/p-8. The Morgan fingerprint density at radius 3 is 1.20 bits per heavy atom. The number of carboxylic acids is 2. The molecule has 0 radical (unpaired) electrons. The predicted octanol–water partition coefficient (Wildman–Crippen LogP) is -5.62. The van der Waals surface area contributed by atoms with Crippen LogP contribution in [0.5, 0.6) is 0 Å². The Hall–Kier alpha value is -6.54. The number of aromatic nitrogens is 8. The lowest BCUT2D eigenvalue weighted by molar-refractivity contribution is -0.348. The van der Waals surface area contributed by atoms with E-state index in [2.05, 4.69) is 86.9 Å². The van der Waals surface area contributed by atoms with Crippen molar-refractivity contribution in [3.8, 4) is 0 Å². The number of nitrogens with zero attached hydrogens (tertiary/aromatic N) is 8. The molecule has 2 fully saturated rings. The number of thioether (sulfide) groups is 2. The zero-order chi connectivity index (χ0) is 94.8. The number of aliphatic hydroxyl groups is 6. The number of ether oxygens (including phenoxy) is 2. The number of phosphoric ester groups is 6. The van der Waals surface area contributed by atoms with Gasteiger partial charge in [-0.2, -0.15) is 0 Å². The first-order chi connectivity index (χ1) is 56.9. The Balaban J connectivity index is 0.000000547. The lowest BCUT2D eigenvalue weighted by atomic mass is 9.87. The fourth-order valence-corrected chi connectivity index (χ4v) is 16.7. The van der Waals surface area contributed by atoms with Gasteiger partial charge in [-0.15, -0.1) is 0 Å². The number of aliphatic hydroxyl groups excluding tert-OH is 6. The third-order valence-electron chi connectivity index (χ3n) is 16.0. The molecule has 0 saturated carbocycles. The molecular weight excluding hydrogens is 1830 g/mol. The minimum atomic E-state index is -5.92. The molecule has 0 aromatic carbocycles. The van der Waals surface area contributed by atoms with Gasteiger partial charge in [-0.1, -0.05) is 90.1 Å². The van der Waals surface area contributed by atoms with Crippen LogP contribution in [0.1, 0.15) is 108 Å². The van der Waals surface area contributed by atoms with E-state index in [9.17, 15) is 130 Å². The van der Waals surface area contributed by atoms with Crippen molar-refractivity contribution in [2.24, 2.45) is 22.7 Å². The summed E-state index contributed by atoms with van der Waals surface area (Å²) in [5.74, 6) is -5.18. The van der Waals surface area contributed by atoms with Gasteiger partial charge in [0.05, 0.1) is 54.7 Å². The number of rotatable bonds is 44. The summed E-state index contributed by atoms with van der Waals surface area (Å²) in [7, 11) is -35.2. The number of imidazole rings is 2. The van der Waals surface area contributed by atoms with E-state index in [-0.39, 0.29) is 95.7 Å². The number of carboxylic acid groups (broad SMARTS) is 2. The van der Waals surface area contributed by atoms with Crippen LogP contribution in [0.3, 0.4) is 0 Å². The fraction of sp³-hybridized carbons (Fsp3) is 0.645. The summed E-state index contributed by atoms with van der Waals surface area (Å²) in [5.41, 5.74) is 9.74. The van der Waals surface area contributed by atoms with E-state index in [4.69, 9.17) is 36.3 Å². The molecule has 4 aromatic rings. The van der Waals surface area contributed by atoms with E-state index in [0.717, 1.165) is 69.1 Å². The lowest BCUT2D eigenvalue weighted by Crippen LogP contribution is -2.46. The highest BCUT2D eigenvalue weighted by atomic mass is 32.2. The van der Waals surface area contributed by atoms with Gasteiger partial charge < -0.3 is 158 Å². The molecule has 4 aromatic heterocycles. The average molecular weight is 1930 g/mol. The zero-order valence-corrected chi connectivity index (χ0v) is 74.9. The predicted molar refractivity (Wildman–Crippen MR) is 412 cm³/mol. The minimum Gasteiger partial charge on any atom is -0.790 e. The largest absolute Gasteiger partial charge is 0.790 e. The topological polar surface area (TPSA) is 865 Å². The number of nitrogen functional groups attached to an aromatic ring is 2. The minimum absolute atomic E-state index is 0.0218. The first-order valence-corrected chi connectivity index (χ1v) is 46.8. The summed E-state index contributed by atoms with van der Waals surface area (Å²) in [4.78, 5) is 211. The van der Waals surface area contributed by atoms with Gasteiger partial charge in [-0.05, 0) is 45.6 Å². The molecule has 704 valence electrons. The van der Waals surface area contributed by atoms with E-state index in [0.29, 0.717) is 5.75 Å². The molecule has 54 nitrogen and oxygen atoms in total. The number of nitrogens with one attached hydrogen (secondary N) is 4. The number of carbonyl (C=O) groups excluding carboxylic acids is 6. The molecule has 16 N–H and O–H groups in total. The van der Waals surface area contributed by atoms with Crippen LogP contribution in [0, 0.1) is 22.7 Å². The molecule has 6 rings (SSSR count). The van der Waals surface area contributed by atoms with Crippen LogP contribution < -0.4 is 71.9 Å². The molecule has 62 heteroatoms. The third kappa shape index (κ3) is 38.8. The molecule has 2 aliphatic heterocycles. The molecule has 2 aliphatic rings. The molecule has 0 aliphatic carbocycles. The Kier molecular flexibility index (Phi) is 44.4. The highest BCUT2D eigenvalue weighted by Gasteiger charge is 2.50. The second-order valence-electron chi connectivity index (χ2n) is 28.8. The summed E-state index contributed by atoms with van der Waals surface area (Å²) in [5, 5.41) is 86.0. The van der Waals surface area contributed by atoms with Crippen molar-refractivity contribution in [3.05, 3.63) is 48.6 Å². The molecule has 2 saturated heterocycles. The number of amides is 4. The van der Waals surface area contributed by atoms with Gasteiger partial charge in [-0.3, -0.25) is 56.2 Å². The van der Waals surface area contributed by atoms with Crippen molar-refractivity contribution in [2.75, 3.05) is 75.6 Å². The van der Waals surface area contributed by atoms with Crippen molar-refractivity contribution in [1.82, 2.24) is 60.3 Å². The zero-order valence-electron chi connectivity index (χ0n) is 67.9. The van der Waals surface area contributed by atoms with Crippen LogP contribution in [-0.4, -0.2) is 251 Å². The number of allylic oxidation sites excluding steroid dienone is 2. The number of aliphatic carboxylic acids is 2. The summed E-state index contributed by atoms with van der Waals surface area (Å²) in [6.45, 7) is 13.7. The third-order valence-corrected chi connectivity index (χ3v) is 23.8. The number of carbonyl (C=O) groups is 8. The van der Waals surface area contributed by atoms with Crippen molar-refractivity contribution in [1.29, 1.82) is 0 Å². The second kappa shape index (κ2) is 49.3. The summed E-state index contributed by atoms with van der Waals surface area (Å²) < 4.78 is 121. The van der Waals surface area contributed by atoms with Gasteiger partial charge in [0.25, 0.3) is 31.3 Å². The number of anilines is 2. The van der Waals surface area contributed by atoms with E-state index >= 15 is 0 Å². The van der Waals surface area contributed by atoms with Crippen molar-refractivity contribution < 1.29 is 191 Å². The van der Waals surface area contributed by atoms with Crippen LogP contribution in [-0.2, 0) is 111 Å². The van der Waals surface area contributed by atoms with Crippen LogP contribution in [0.2, 0.25) is 0 Å². The van der Waals surface area contributed by atoms with E-state index in [1.54, 1.807) is 55.4 Å². The fourth-order valence-electron chi connectivity index (χ4n) is 9.68. The quantitative estimate of drug-likeness (QED) is 0.0112. The van der Waals surface area contributed by atoms with E-state index in [1.807, 2.05) is 0 Å². The van der Waals surface area contributed by atoms with Gasteiger partial charge in [0, 0.05) is 67.4 Å². The maximum Gasteiger partial charge on any atom is 0.332 e. The molecule has 0 bridgehead atoms. The Labute approximate surface area is 714 Å². The van der Waals surface area contributed by atoms with Gasteiger partial charge in [0.2, 0.25) is 33.9 Å². The Bertz CT molecular complexity index is 4660. The van der Waals surface area contributed by atoms with Crippen molar-refractivity contribution in [3.63, 3.8) is 0 Å². The molecule has 4 amide bonds. The van der Waals surface area contributed by atoms with Gasteiger partial charge in [0.15, 0.2) is 41.5 Å². The van der Waals surface area contributed by atoms with Crippen molar-refractivity contribution in [2.45, 2.75) is 169 Å². The number of nitrogens with two attached hydrogens (primary N) is 2. The number of hydrogen-bond donors (Lipinski definition) is 14. The van der Waals surface area contributed by atoms with Crippen LogP contribution in [0.15, 0.2) is 48.6 Å². The van der Waals surface area contributed by atoms with E-state index in [1.165, 1.54) is 39.8 Å². The molecule has 6 heterocycles. The number of hydrogen-bond acceptors (Lipinski definition) is 48. The van der Waals surface area contributed by atoms with Crippen LogP contribution >= 0.6 is 70.5 Å². The molecular formula is C62H96N14O40P6S2-8. The number of fused-ring (bicyclic) bond motifs is 2. The van der Waals surface area contributed by atoms with Crippen LogP contribution in [0.4, 0.5) is 11.6 Å². The first-order valence-electron chi connectivity index (χ1n) is 36.0. The Morgan fingerprint density at radius 2 is 0.887 bits per heavy atom. The highest BCUT2D eigenvalue weighted by Crippen LogP contribution is 2.58. The van der Waals surface area contributed by atoms with Crippen molar-refractivity contribution >= 4 is 150 Å². The SMILES string of the molecule is CC(C)=CC(=O)O.CC(C)=CC(=O)SCCNC(=O)CCNC(=O)C(O)C(C)(C)COP(=O)([O-])OP(=O)([O-])OCC1OC(n2cnc3c(N)ncnc32)C(O)C1OP(=O)([O-])[O-].CC(C)C(O)C(=O)O.CC(C)C(O)C(=O)SCCNC(=O)CCNC(=O)C(O)C(C)(C)COP(=O)([O-])OP(=O)([O-])OCC1OC(n2cnc3c(N)ncnc32)C(O)C1OP(=O)([O-])[O-]. The average Bonchev–Trinajstić information content (AvgIpc) is 1.62. The first kappa shape index (κ1) is 112. The van der Waals surface area contributed by atoms with E-state index < -0.39 is 198 Å². The monoisotopic (exact) mass is 1930 g/mol. The normalized spacial score (nSPS) is 20.9. The van der Waals surface area contributed by atoms with Gasteiger partial charge in [-0.25, -0.2) is 48.1 Å². The lowest BCUT2D eigenvalue weighted by Gasteiger charge is -2.36. The summed E-state index contributed by atoms with van der Waals surface area (Å²) >= 11 is 1.86. The van der Waals surface area contributed by atoms with Crippen LogP contribution in [0.25, 0.3) is 22.3 Å². The smallest absolute Gasteiger partial charge is 0.332 e. The Morgan fingerprint density at radius 1 is 0.532 bits per heavy atom. The molecule has 124 heavy (non-hydrogen) atoms. The number of phosphoric acid groups is 6.